The summed E-state index contributed by atoms with van der Waals surface area (Å²) in [5.41, 5.74) is 3.06. The number of benzene rings is 1. The summed E-state index contributed by atoms with van der Waals surface area (Å²) in [4.78, 5) is 36.7. The van der Waals surface area contributed by atoms with E-state index in [-0.39, 0.29) is 11.7 Å². The number of amides is 1. The number of ketones is 1. The van der Waals surface area contributed by atoms with E-state index in [2.05, 4.69) is 26.1 Å². The Labute approximate surface area is 209 Å². The summed E-state index contributed by atoms with van der Waals surface area (Å²) in [6, 6.07) is 7.10. The normalized spacial score (nSPS) is 18.1. The second kappa shape index (κ2) is 9.08. The van der Waals surface area contributed by atoms with E-state index in [0.717, 1.165) is 41.4 Å². The fourth-order valence-electron chi connectivity index (χ4n) is 4.69. The molecule has 178 valence electrons. The maximum Gasteiger partial charge on any atom is 0.221 e. The van der Waals surface area contributed by atoms with E-state index in [1.54, 1.807) is 36.0 Å². The molecule has 1 amide bonds. The van der Waals surface area contributed by atoms with Crippen LogP contribution >= 0.6 is 23.1 Å². The molecule has 0 radical (unpaired) electrons. The monoisotopic (exact) mass is 493 g/mol. The molecule has 1 fully saturated rings. The van der Waals surface area contributed by atoms with Gasteiger partial charge in [0.25, 0.3) is 0 Å². The number of thiophene rings is 1. The maximum atomic E-state index is 13.0. The molecule has 2 aliphatic carbocycles. The zero-order valence-corrected chi connectivity index (χ0v) is 21.9. The molecule has 1 aromatic carbocycles. The SMILES string of the molecule is CC(=O)Nc1ccc(C(=O)CSc2nc(C3CC3)nc3sc4c(c23)CC[C@H](C(C)(C)C)C4)cc1. The van der Waals surface area contributed by atoms with E-state index in [1.807, 2.05) is 11.3 Å². The summed E-state index contributed by atoms with van der Waals surface area (Å²) >= 11 is 3.39. The van der Waals surface area contributed by atoms with Crippen LogP contribution in [0, 0.1) is 11.3 Å². The van der Waals surface area contributed by atoms with Crippen LogP contribution < -0.4 is 5.32 Å². The summed E-state index contributed by atoms with van der Waals surface area (Å²) in [7, 11) is 0. The summed E-state index contributed by atoms with van der Waals surface area (Å²) in [6.07, 6.45) is 5.69. The van der Waals surface area contributed by atoms with Gasteiger partial charge in [0.05, 0.1) is 5.75 Å². The minimum absolute atomic E-state index is 0.0657. The van der Waals surface area contributed by atoms with Gasteiger partial charge in [0.2, 0.25) is 5.91 Å². The second-order valence-corrected chi connectivity index (χ2v) is 12.7. The van der Waals surface area contributed by atoms with Crippen LogP contribution in [0.1, 0.15) is 79.5 Å². The molecule has 0 aliphatic heterocycles. The first-order valence-electron chi connectivity index (χ1n) is 12.0. The minimum atomic E-state index is -0.123. The Hall–Kier alpha value is -2.25. The summed E-state index contributed by atoms with van der Waals surface area (Å²) in [5.74, 6) is 2.39. The van der Waals surface area contributed by atoms with E-state index >= 15 is 0 Å². The van der Waals surface area contributed by atoms with E-state index < -0.39 is 0 Å². The van der Waals surface area contributed by atoms with Crippen LogP contribution in [0.5, 0.6) is 0 Å². The highest BCUT2D eigenvalue weighted by Crippen LogP contribution is 2.46. The molecule has 2 heterocycles. The first-order valence-corrected chi connectivity index (χ1v) is 13.8. The smallest absolute Gasteiger partial charge is 0.221 e. The van der Waals surface area contributed by atoms with Crippen LogP contribution in [0.2, 0.25) is 0 Å². The fourth-order valence-corrected chi connectivity index (χ4v) is 7.02. The Balaban J connectivity index is 1.40. The molecule has 5 rings (SSSR count). The molecule has 2 aliphatic rings. The molecule has 5 nitrogen and oxygen atoms in total. The molecule has 0 unspecified atom stereocenters. The number of hydrogen-bond acceptors (Lipinski definition) is 6. The number of nitrogens with zero attached hydrogens (tertiary/aromatic N) is 2. The van der Waals surface area contributed by atoms with Crippen molar-refractivity contribution in [1.82, 2.24) is 9.97 Å². The zero-order chi connectivity index (χ0) is 24.0. The lowest BCUT2D eigenvalue weighted by molar-refractivity contribution is -0.114. The van der Waals surface area contributed by atoms with Gasteiger partial charge in [-0.15, -0.1) is 11.3 Å². The molecule has 3 aromatic rings. The molecule has 2 aromatic heterocycles. The van der Waals surface area contributed by atoms with Crippen LogP contribution in [0.3, 0.4) is 0 Å². The molecule has 0 spiro atoms. The number of Topliss-reactive ketones (excluding diaryl/α,β-unsaturated/α-hetero) is 1. The number of carbonyl (C=O) groups is 2. The minimum Gasteiger partial charge on any atom is -0.326 e. The zero-order valence-electron chi connectivity index (χ0n) is 20.2. The van der Waals surface area contributed by atoms with Crippen molar-refractivity contribution in [3.05, 3.63) is 46.1 Å². The number of anilines is 1. The van der Waals surface area contributed by atoms with Gasteiger partial charge in [0, 0.05) is 34.4 Å². The lowest BCUT2D eigenvalue weighted by Gasteiger charge is -2.33. The number of rotatable bonds is 6. The third kappa shape index (κ3) is 4.91. The number of hydrogen-bond donors (Lipinski definition) is 1. The van der Waals surface area contributed by atoms with Crippen molar-refractivity contribution >= 4 is 50.7 Å². The van der Waals surface area contributed by atoms with Gasteiger partial charge < -0.3 is 5.32 Å². The maximum absolute atomic E-state index is 13.0. The molecular weight excluding hydrogens is 462 g/mol. The van der Waals surface area contributed by atoms with Crippen LogP contribution in [0.4, 0.5) is 5.69 Å². The molecular formula is C27H31N3O2S2. The van der Waals surface area contributed by atoms with Gasteiger partial charge in [0.15, 0.2) is 5.78 Å². The quantitative estimate of drug-likeness (QED) is 0.236. The Bertz CT molecular complexity index is 1250. The van der Waals surface area contributed by atoms with Gasteiger partial charge in [-0.25, -0.2) is 9.97 Å². The van der Waals surface area contributed by atoms with Gasteiger partial charge in [-0.3, -0.25) is 9.59 Å². The predicted molar refractivity (Wildman–Crippen MR) is 140 cm³/mol. The standard InChI is InChI=1S/C27H31N3O2S2/c1-15(31)28-19-10-7-16(8-11-19)21(32)14-33-25-23-20-12-9-18(27(2,3)4)13-22(20)34-26(23)30-24(29-25)17-5-6-17/h7-8,10-11,17-18H,5-6,9,12-14H2,1-4H3,(H,28,31)/t18-/m0/s1. The first kappa shape index (κ1) is 23.5. The Kier molecular flexibility index (Phi) is 6.27. The van der Waals surface area contributed by atoms with Gasteiger partial charge in [-0.05, 0) is 73.3 Å². The number of aryl methyl sites for hydroxylation is 1. The van der Waals surface area contributed by atoms with E-state index in [1.165, 1.54) is 29.2 Å². The number of fused-ring (bicyclic) bond motifs is 3. The Morgan fingerprint density at radius 3 is 2.50 bits per heavy atom. The van der Waals surface area contributed by atoms with Crippen molar-refractivity contribution in [2.75, 3.05) is 11.1 Å². The van der Waals surface area contributed by atoms with Crippen molar-refractivity contribution in [1.29, 1.82) is 0 Å². The van der Waals surface area contributed by atoms with Crippen molar-refractivity contribution in [3.8, 4) is 0 Å². The summed E-state index contributed by atoms with van der Waals surface area (Å²) in [6.45, 7) is 8.50. The third-order valence-electron chi connectivity index (χ3n) is 6.93. The van der Waals surface area contributed by atoms with Crippen LogP contribution in [-0.2, 0) is 17.6 Å². The highest BCUT2D eigenvalue weighted by Gasteiger charge is 2.33. The van der Waals surface area contributed by atoms with Gasteiger partial charge >= 0.3 is 0 Å². The molecule has 34 heavy (non-hydrogen) atoms. The molecule has 0 saturated heterocycles. The average molecular weight is 494 g/mol. The van der Waals surface area contributed by atoms with Crippen molar-refractivity contribution in [2.45, 2.75) is 70.7 Å². The average Bonchev–Trinajstić information content (AvgIpc) is 3.56. The highest BCUT2D eigenvalue weighted by atomic mass is 32.2. The number of nitrogens with one attached hydrogen (secondary N) is 1. The second-order valence-electron chi connectivity index (χ2n) is 10.6. The molecule has 1 saturated carbocycles. The van der Waals surface area contributed by atoms with Crippen LogP contribution in [0.25, 0.3) is 10.2 Å². The molecule has 0 bridgehead atoms. The molecule has 7 heteroatoms. The van der Waals surface area contributed by atoms with Crippen molar-refractivity contribution in [3.63, 3.8) is 0 Å². The topological polar surface area (TPSA) is 72.0 Å². The van der Waals surface area contributed by atoms with Crippen molar-refractivity contribution < 1.29 is 9.59 Å². The summed E-state index contributed by atoms with van der Waals surface area (Å²) in [5, 5.41) is 4.90. The Morgan fingerprint density at radius 1 is 1.12 bits per heavy atom. The van der Waals surface area contributed by atoms with Gasteiger partial charge in [-0.1, -0.05) is 32.5 Å². The molecule has 1 atom stereocenters. The predicted octanol–water partition coefficient (Wildman–Crippen LogP) is 6.65. The Morgan fingerprint density at radius 2 is 1.85 bits per heavy atom. The molecule has 1 N–H and O–H groups in total. The lowest BCUT2D eigenvalue weighted by Crippen LogP contribution is -2.26. The lowest BCUT2D eigenvalue weighted by atomic mass is 9.72. The van der Waals surface area contributed by atoms with E-state index in [9.17, 15) is 9.59 Å². The summed E-state index contributed by atoms with van der Waals surface area (Å²) < 4.78 is 0. The first-order chi connectivity index (χ1) is 16.2. The van der Waals surface area contributed by atoms with Crippen molar-refractivity contribution in [2.24, 2.45) is 11.3 Å². The van der Waals surface area contributed by atoms with Gasteiger partial charge in [0.1, 0.15) is 15.7 Å². The third-order valence-corrected chi connectivity index (χ3v) is 9.05. The number of carbonyl (C=O) groups excluding carboxylic acids is 2. The number of thioether (sulfide) groups is 1. The van der Waals surface area contributed by atoms with E-state index in [0.29, 0.717) is 34.3 Å². The largest absolute Gasteiger partial charge is 0.326 e. The van der Waals surface area contributed by atoms with Crippen LogP contribution in [-0.4, -0.2) is 27.4 Å². The van der Waals surface area contributed by atoms with E-state index in [4.69, 9.17) is 9.97 Å². The van der Waals surface area contributed by atoms with Gasteiger partial charge in [-0.2, -0.15) is 0 Å². The number of aromatic nitrogens is 2. The fraction of sp³-hybridized carbons (Fsp3) is 0.481. The highest BCUT2D eigenvalue weighted by molar-refractivity contribution is 8.00. The van der Waals surface area contributed by atoms with Crippen LogP contribution in [0.15, 0.2) is 29.3 Å².